The lowest BCUT2D eigenvalue weighted by atomic mass is 10.0. The molecule has 0 fully saturated rings. The van der Waals surface area contributed by atoms with E-state index in [2.05, 4.69) is 14.6 Å². The number of amides is 2. The Balaban J connectivity index is 1.39. The summed E-state index contributed by atoms with van der Waals surface area (Å²) in [6.07, 6.45) is -3.76. The highest BCUT2D eigenvalue weighted by Gasteiger charge is 2.43. The van der Waals surface area contributed by atoms with E-state index in [0.29, 0.717) is 40.6 Å². The summed E-state index contributed by atoms with van der Waals surface area (Å²) in [5, 5.41) is 5.10. The zero-order valence-electron chi connectivity index (χ0n) is 18.0. The number of hydrogen-bond acceptors (Lipinski definition) is 5. The minimum Gasteiger partial charge on any atom is -0.395 e. The molecule has 2 amide bonds. The first-order chi connectivity index (χ1) is 16.1. The SMILES string of the molecule is Cc1ccc(-c2nn3c(c2C(N)=O)CN(C(=O)Cc2ccc4c(c2)OC(F)(F)O4)CC3)cc1Cl. The number of carbonyl (C=O) groups excluding carboxylic acids is 2. The second kappa shape index (κ2) is 7.98. The molecule has 3 heterocycles. The zero-order valence-corrected chi connectivity index (χ0v) is 18.7. The summed E-state index contributed by atoms with van der Waals surface area (Å²) < 4.78 is 37.0. The first-order valence-electron chi connectivity index (χ1n) is 10.4. The Morgan fingerprint density at radius 2 is 1.91 bits per heavy atom. The Labute approximate surface area is 197 Å². The number of nitrogens with two attached hydrogens (primary N) is 1. The van der Waals surface area contributed by atoms with Gasteiger partial charge in [-0.05, 0) is 36.2 Å². The maximum Gasteiger partial charge on any atom is 0.586 e. The van der Waals surface area contributed by atoms with Crippen molar-refractivity contribution in [2.75, 3.05) is 6.54 Å². The fourth-order valence-electron chi connectivity index (χ4n) is 4.12. The molecule has 2 aromatic carbocycles. The van der Waals surface area contributed by atoms with Gasteiger partial charge in [0.05, 0.1) is 30.8 Å². The van der Waals surface area contributed by atoms with Crippen molar-refractivity contribution in [1.29, 1.82) is 0 Å². The van der Waals surface area contributed by atoms with Gasteiger partial charge in [0.1, 0.15) is 5.69 Å². The molecule has 0 spiro atoms. The van der Waals surface area contributed by atoms with Crippen LogP contribution in [0, 0.1) is 6.92 Å². The van der Waals surface area contributed by atoms with Crippen molar-refractivity contribution < 1.29 is 27.8 Å². The van der Waals surface area contributed by atoms with E-state index >= 15 is 0 Å². The molecule has 11 heteroatoms. The maximum atomic E-state index is 13.3. The lowest BCUT2D eigenvalue weighted by Crippen LogP contribution is -2.40. The van der Waals surface area contributed by atoms with E-state index in [4.69, 9.17) is 17.3 Å². The average molecular weight is 489 g/mol. The number of nitrogens with zero attached hydrogens (tertiary/aromatic N) is 3. The summed E-state index contributed by atoms with van der Waals surface area (Å²) >= 11 is 6.25. The van der Waals surface area contributed by atoms with Gasteiger partial charge in [-0.2, -0.15) is 5.10 Å². The van der Waals surface area contributed by atoms with Crippen LogP contribution in [-0.2, 0) is 24.3 Å². The molecule has 0 saturated heterocycles. The number of ether oxygens (including phenoxy) is 2. The molecule has 0 radical (unpaired) electrons. The first-order valence-corrected chi connectivity index (χ1v) is 10.8. The number of aryl methyl sites for hydroxylation is 1. The van der Waals surface area contributed by atoms with Gasteiger partial charge in [-0.3, -0.25) is 14.3 Å². The van der Waals surface area contributed by atoms with Crippen molar-refractivity contribution in [3.8, 4) is 22.8 Å². The van der Waals surface area contributed by atoms with Crippen molar-refractivity contribution in [1.82, 2.24) is 14.7 Å². The molecular formula is C23H19ClF2N4O4. The third-order valence-corrected chi connectivity index (χ3v) is 6.25. The standard InChI is InChI=1S/C23H19ClF2N4O4/c1-12-2-4-14(10-15(12)24)21-20(22(27)32)16-11-29(6-7-30(16)28-21)19(31)9-13-3-5-17-18(8-13)34-23(25,26)33-17/h2-5,8,10H,6-7,9,11H2,1H3,(H2,27,32). The molecule has 1 aromatic heterocycles. The predicted octanol–water partition coefficient (Wildman–Crippen LogP) is 3.52. The largest absolute Gasteiger partial charge is 0.586 e. The molecule has 0 unspecified atom stereocenters. The molecule has 2 aliphatic heterocycles. The van der Waals surface area contributed by atoms with Gasteiger partial charge in [0.15, 0.2) is 11.5 Å². The van der Waals surface area contributed by atoms with Gasteiger partial charge in [-0.1, -0.05) is 29.8 Å². The number of aromatic nitrogens is 2. The van der Waals surface area contributed by atoms with Gasteiger partial charge in [-0.15, -0.1) is 8.78 Å². The van der Waals surface area contributed by atoms with Crippen LogP contribution >= 0.6 is 11.6 Å². The molecule has 2 N–H and O–H groups in total. The molecule has 34 heavy (non-hydrogen) atoms. The molecule has 0 atom stereocenters. The predicted molar refractivity (Wildman–Crippen MR) is 118 cm³/mol. The molecule has 3 aromatic rings. The Hall–Kier alpha value is -3.66. The number of benzene rings is 2. The van der Waals surface area contributed by atoms with Crippen LogP contribution in [-0.4, -0.2) is 39.3 Å². The van der Waals surface area contributed by atoms with Gasteiger partial charge in [0, 0.05) is 17.1 Å². The number of carbonyl (C=O) groups is 2. The highest BCUT2D eigenvalue weighted by Crippen LogP contribution is 2.41. The molecule has 176 valence electrons. The van der Waals surface area contributed by atoms with Gasteiger partial charge in [0.2, 0.25) is 5.91 Å². The summed E-state index contributed by atoms with van der Waals surface area (Å²) in [6.45, 7) is 2.73. The van der Waals surface area contributed by atoms with Crippen LogP contribution in [0.5, 0.6) is 11.5 Å². The number of primary amides is 1. The van der Waals surface area contributed by atoms with Crippen molar-refractivity contribution in [3.05, 3.63) is 63.8 Å². The van der Waals surface area contributed by atoms with Crippen molar-refractivity contribution >= 4 is 23.4 Å². The number of halogens is 3. The Bertz CT molecular complexity index is 1340. The van der Waals surface area contributed by atoms with Crippen LogP contribution in [0.4, 0.5) is 8.78 Å². The molecule has 0 saturated carbocycles. The highest BCUT2D eigenvalue weighted by atomic mass is 35.5. The van der Waals surface area contributed by atoms with Crippen molar-refractivity contribution in [3.63, 3.8) is 0 Å². The molecule has 5 rings (SSSR count). The van der Waals surface area contributed by atoms with E-state index in [1.54, 1.807) is 15.6 Å². The lowest BCUT2D eigenvalue weighted by molar-refractivity contribution is -0.286. The Kier molecular flexibility index (Phi) is 5.20. The van der Waals surface area contributed by atoms with Crippen LogP contribution in [0.3, 0.4) is 0 Å². The number of alkyl halides is 2. The van der Waals surface area contributed by atoms with E-state index in [1.807, 2.05) is 19.1 Å². The van der Waals surface area contributed by atoms with E-state index in [0.717, 1.165) is 5.56 Å². The molecule has 2 aliphatic rings. The fourth-order valence-corrected chi connectivity index (χ4v) is 4.30. The topological polar surface area (TPSA) is 99.7 Å². The van der Waals surface area contributed by atoms with E-state index < -0.39 is 12.2 Å². The first kappa shape index (κ1) is 22.1. The van der Waals surface area contributed by atoms with Crippen molar-refractivity contribution in [2.45, 2.75) is 32.7 Å². The Morgan fingerprint density at radius 1 is 1.15 bits per heavy atom. The minimum absolute atomic E-state index is 0.0390. The fraction of sp³-hybridized carbons (Fsp3) is 0.261. The number of rotatable bonds is 4. The van der Waals surface area contributed by atoms with Crippen LogP contribution in [0.25, 0.3) is 11.3 Å². The zero-order chi connectivity index (χ0) is 24.2. The molecule has 8 nitrogen and oxygen atoms in total. The molecule has 0 aliphatic carbocycles. The van der Waals surface area contributed by atoms with Crippen molar-refractivity contribution in [2.24, 2.45) is 5.73 Å². The second-order valence-corrected chi connectivity index (χ2v) is 8.57. The monoisotopic (exact) mass is 488 g/mol. The normalized spacial score (nSPS) is 15.8. The maximum absolute atomic E-state index is 13.3. The third kappa shape index (κ3) is 3.94. The van der Waals surface area contributed by atoms with Crippen LogP contribution in [0.2, 0.25) is 5.02 Å². The highest BCUT2D eigenvalue weighted by molar-refractivity contribution is 6.31. The van der Waals surface area contributed by atoms with Gasteiger partial charge >= 0.3 is 6.29 Å². The van der Waals surface area contributed by atoms with E-state index in [9.17, 15) is 18.4 Å². The summed E-state index contributed by atoms with van der Waals surface area (Å²) in [5.74, 6) is -1.10. The number of hydrogen-bond donors (Lipinski definition) is 1. The number of fused-ring (bicyclic) bond motifs is 2. The molecular weight excluding hydrogens is 470 g/mol. The Morgan fingerprint density at radius 3 is 2.65 bits per heavy atom. The second-order valence-electron chi connectivity index (χ2n) is 8.16. The summed E-state index contributed by atoms with van der Waals surface area (Å²) in [4.78, 5) is 26.9. The van der Waals surface area contributed by atoms with Crippen LogP contribution in [0.15, 0.2) is 36.4 Å². The van der Waals surface area contributed by atoms with Crippen LogP contribution in [0.1, 0.15) is 27.2 Å². The van der Waals surface area contributed by atoms with Gasteiger partial charge < -0.3 is 20.1 Å². The third-order valence-electron chi connectivity index (χ3n) is 5.85. The molecule has 0 bridgehead atoms. The van der Waals surface area contributed by atoms with Gasteiger partial charge in [-0.25, -0.2) is 0 Å². The average Bonchev–Trinajstić information content (AvgIpc) is 3.30. The quantitative estimate of drug-likeness (QED) is 0.605. The van der Waals surface area contributed by atoms with Crippen LogP contribution < -0.4 is 15.2 Å². The van der Waals surface area contributed by atoms with Gasteiger partial charge in [0.25, 0.3) is 5.91 Å². The smallest absolute Gasteiger partial charge is 0.395 e. The van der Waals surface area contributed by atoms with E-state index in [-0.39, 0.29) is 35.9 Å². The summed E-state index contributed by atoms with van der Waals surface area (Å²) in [6, 6.07) is 9.60. The minimum atomic E-state index is -3.72. The van der Waals surface area contributed by atoms with E-state index in [1.165, 1.54) is 18.2 Å². The summed E-state index contributed by atoms with van der Waals surface area (Å²) in [7, 11) is 0. The summed E-state index contributed by atoms with van der Waals surface area (Å²) in [5.41, 5.74) is 8.91. The lowest BCUT2D eigenvalue weighted by Gasteiger charge is -2.28.